The number of hydrogen-bond acceptors (Lipinski definition) is 7. The molecule has 1 aliphatic carbocycles. The van der Waals surface area contributed by atoms with Crippen LogP contribution in [0.4, 0.5) is 26.7 Å². The Morgan fingerprint density at radius 2 is 1.82 bits per heavy atom. The fourth-order valence-electron chi connectivity index (χ4n) is 5.60. The number of carbonyl (C=O) groups excluding carboxylic acids is 3. The predicted octanol–water partition coefficient (Wildman–Crippen LogP) is 5.46. The molecule has 0 bridgehead atoms. The van der Waals surface area contributed by atoms with Gasteiger partial charge < -0.3 is 30.7 Å². The maximum absolute atomic E-state index is 13.6. The Kier molecular flexibility index (Phi) is 7.78. The Morgan fingerprint density at radius 1 is 1.07 bits per heavy atom. The number of thiophene rings is 1. The molecule has 0 spiro atoms. The van der Waals surface area contributed by atoms with E-state index in [0.717, 1.165) is 10.5 Å². The van der Waals surface area contributed by atoms with Crippen molar-refractivity contribution in [2.75, 3.05) is 23.8 Å². The second-order valence-electron chi connectivity index (χ2n) is 10.8. The lowest BCUT2D eigenvalue weighted by atomic mass is 10.1. The number of para-hydroxylation sites is 1. The maximum Gasteiger partial charge on any atom is 0.407 e. The summed E-state index contributed by atoms with van der Waals surface area (Å²) < 4.78 is 5.96. The molecule has 44 heavy (non-hydrogen) atoms. The molecule has 2 aromatic carbocycles. The van der Waals surface area contributed by atoms with E-state index in [4.69, 9.17) is 9.84 Å². The van der Waals surface area contributed by atoms with Gasteiger partial charge in [0, 0.05) is 25.3 Å². The zero-order valence-electron chi connectivity index (χ0n) is 24.0. The number of benzene rings is 2. The number of pyridine rings is 1. The van der Waals surface area contributed by atoms with Gasteiger partial charge in [-0.15, -0.1) is 11.3 Å². The molecular weight excluding hydrogens is 584 g/mol. The van der Waals surface area contributed by atoms with E-state index >= 15 is 0 Å². The third-order valence-electron chi connectivity index (χ3n) is 7.68. The standard InChI is InChI=1S/C31H30N6O6S/c1-17-14-21(43-20-6-4-3-5-7-20)10-11-22(17)37-23-12-13-32-29-25(23)26(35-30(37)40)27(44-29)28(39)34-19-9-8-18(15-19)33-24(38)16-36(2)31(41)42/h3-7,10-14,18-19H,8-9,15-16H2,1-2H3,(H,33,38)(H,34,39)(H,35,40)(H,41,42)/t18-,19+/m1/s1. The quantitative estimate of drug-likeness (QED) is 0.206. The van der Waals surface area contributed by atoms with Gasteiger partial charge >= 0.3 is 12.1 Å². The maximum atomic E-state index is 13.6. The molecule has 12 nitrogen and oxygen atoms in total. The molecule has 3 heterocycles. The topological polar surface area (TPSA) is 153 Å². The first kappa shape index (κ1) is 28.9. The fraction of sp³-hybridized carbons (Fsp3) is 0.258. The summed E-state index contributed by atoms with van der Waals surface area (Å²) in [6, 6.07) is 16.0. The summed E-state index contributed by atoms with van der Waals surface area (Å²) >= 11 is 1.21. The van der Waals surface area contributed by atoms with Crippen LogP contribution < -0.4 is 25.6 Å². The van der Waals surface area contributed by atoms with E-state index in [1.54, 1.807) is 17.2 Å². The predicted molar refractivity (Wildman–Crippen MR) is 166 cm³/mol. The van der Waals surface area contributed by atoms with Gasteiger partial charge in [-0.2, -0.15) is 0 Å². The number of hydrogen-bond donors (Lipinski definition) is 4. The highest BCUT2D eigenvalue weighted by atomic mass is 32.1. The average molecular weight is 615 g/mol. The summed E-state index contributed by atoms with van der Waals surface area (Å²) in [6.45, 7) is 1.65. The minimum absolute atomic E-state index is 0.176. The number of rotatable bonds is 8. The summed E-state index contributed by atoms with van der Waals surface area (Å²) in [5.41, 5.74) is 2.55. The number of likely N-dealkylation sites (N-methyl/N-ethyl adjacent to an activating group) is 1. The highest BCUT2D eigenvalue weighted by Crippen LogP contribution is 2.46. The highest BCUT2D eigenvalue weighted by Gasteiger charge is 2.35. The summed E-state index contributed by atoms with van der Waals surface area (Å²) in [7, 11) is 1.33. The number of amides is 5. The zero-order valence-corrected chi connectivity index (χ0v) is 24.8. The van der Waals surface area contributed by atoms with Crippen molar-refractivity contribution in [3.63, 3.8) is 0 Å². The Labute approximate surface area is 256 Å². The Balaban J connectivity index is 1.19. The molecule has 2 aromatic heterocycles. The first-order valence-corrected chi connectivity index (χ1v) is 14.9. The van der Waals surface area contributed by atoms with Crippen LogP contribution in [0, 0.1) is 6.92 Å². The third kappa shape index (κ3) is 5.73. The van der Waals surface area contributed by atoms with Gasteiger partial charge in [-0.25, -0.2) is 14.6 Å². The van der Waals surface area contributed by atoms with Gasteiger partial charge in [-0.05, 0) is 68.1 Å². The number of urea groups is 1. The molecule has 5 amide bonds. The lowest BCUT2D eigenvalue weighted by Gasteiger charge is -2.29. The number of nitrogens with zero attached hydrogens (tertiary/aromatic N) is 3. The van der Waals surface area contributed by atoms with Gasteiger partial charge in [0.15, 0.2) is 0 Å². The van der Waals surface area contributed by atoms with Crippen molar-refractivity contribution in [1.82, 2.24) is 20.5 Å². The molecule has 13 heteroatoms. The van der Waals surface area contributed by atoms with Crippen molar-refractivity contribution >= 4 is 62.6 Å². The van der Waals surface area contributed by atoms with Crippen LogP contribution >= 0.6 is 11.3 Å². The second-order valence-corrected chi connectivity index (χ2v) is 11.8. The number of carboxylic acid groups (broad SMARTS) is 1. The van der Waals surface area contributed by atoms with Crippen molar-refractivity contribution in [3.05, 3.63) is 71.2 Å². The van der Waals surface area contributed by atoms with E-state index in [-0.39, 0.29) is 30.4 Å². The van der Waals surface area contributed by atoms with Crippen molar-refractivity contribution < 1.29 is 29.0 Å². The molecule has 1 aliphatic heterocycles. The Bertz CT molecular complexity index is 1780. The lowest BCUT2D eigenvalue weighted by molar-refractivity contribution is -0.122. The SMILES string of the molecule is Cc1cc(Oc2ccccc2)ccc1N1C(=O)Nc2c(C(=O)N[C@H]3CC[C@@H](NC(=O)CN(C)C(=O)O)C3)sc3nccc1c23. The number of aryl methyl sites for hydroxylation is 1. The number of carbonyl (C=O) groups is 4. The van der Waals surface area contributed by atoms with Gasteiger partial charge in [0.2, 0.25) is 5.91 Å². The fourth-order valence-corrected chi connectivity index (χ4v) is 6.62. The van der Waals surface area contributed by atoms with Crippen LogP contribution in [0.15, 0.2) is 60.8 Å². The highest BCUT2D eigenvalue weighted by molar-refractivity contribution is 7.21. The van der Waals surface area contributed by atoms with E-state index in [2.05, 4.69) is 20.9 Å². The molecule has 4 N–H and O–H groups in total. The van der Waals surface area contributed by atoms with E-state index in [9.17, 15) is 19.2 Å². The van der Waals surface area contributed by atoms with Gasteiger partial charge in [0.05, 0.1) is 22.4 Å². The zero-order chi connectivity index (χ0) is 31.0. The van der Waals surface area contributed by atoms with E-state index in [1.165, 1.54) is 18.4 Å². The van der Waals surface area contributed by atoms with Gasteiger partial charge in [0.25, 0.3) is 5.91 Å². The monoisotopic (exact) mass is 614 g/mol. The molecule has 0 saturated heterocycles. The van der Waals surface area contributed by atoms with Gasteiger partial charge in [0.1, 0.15) is 27.8 Å². The van der Waals surface area contributed by atoms with E-state index in [1.807, 2.05) is 55.5 Å². The third-order valence-corrected chi connectivity index (χ3v) is 8.78. The van der Waals surface area contributed by atoms with Crippen molar-refractivity contribution in [2.45, 2.75) is 38.3 Å². The normalized spacial score (nSPS) is 17.2. The van der Waals surface area contributed by atoms with Crippen LogP contribution in [0.2, 0.25) is 0 Å². The van der Waals surface area contributed by atoms with Crippen LogP contribution in [-0.4, -0.2) is 64.6 Å². The number of ether oxygens (including phenoxy) is 1. The first-order chi connectivity index (χ1) is 21.2. The van der Waals surface area contributed by atoms with Crippen LogP contribution in [0.25, 0.3) is 10.2 Å². The van der Waals surface area contributed by atoms with Crippen LogP contribution in [0.1, 0.15) is 34.5 Å². The minimum atomic E-state index is -1.18. The van der Waals surface area contributed by atoms with Crippen LogP contribution in [0.3, 0.4) is 0 Å². The molecular formula is C31H30N6O6S. The first-order valence-electron chi connectivity index (χ1n) is 14.1. The number of aromatic nitrogens is 1. The van der Waals surface area contributed by atoms with E-state index in [0.29, 0.717) is 62.9 Å². The van der Waals surface area contributed by atoms with E-state index < -0.39 is 12.1 Å². The Hall–Kier alpha value is -5.17. The van der Waals surface area contributed by atoms with Gasteiger partial charge in [-0.3, -0.25) is 14.5 Å². The molecule has 226 valence electrons. The summed E-state index contributed by atoms with van der Waals surface area (Å²) in [4.78, 5) is 58.2. The van der Waals surface area contributed by atoms with Gasteiger partial charge in [-0.1, -0.05) is 18.2 Å². The van der Waals surface area contributed by atoms with Crippen molar-refractivity contribution in [2.24, 2.45) is 0 Å². The molecule has 0 unspecified atom stereocenters. The number of nitrogens with one attached hydrogen (secondary N) is 3. The minimum Gasteiger partial charge on any atom is -0.465 e. The van der Waals surface area contributed by atoms with Crippen LogP contribution in [-0.2, 0) is 4.79 Å². The summed E-state index contributed by atoms with van der Waals surface area (Å²) in [5.74, 6) is 0.636. The Morgan fingerprint density at radius 3 is 2.55 bits per heavy atom. The van der Waals surface area contributed by atoms with Crippen LogP contribution in [0.5, 0.6) is 11.5 Å². The largest absolute Gasteiger partial charge is 0.465 e. The summed E-state index contributed by atoms with van der Waals surface area (Å²) in [6.07, 6.45) is 2.26. The van der Waals surface area contributed by atoms with Crippen molar-refractivity contribution in [3.8, 4) is 11.5 Å². The smallest absolute Gasteiger partial charge is 0.407 e. The number of anilines is 3. The molecule has 6 rings (SSSR count). The molecule has 2 aliphatic rings. The summed E-state index contributed by atoms with van der Waals surface area (Å²) in [5, 5.41) is 18.5. The molecule has 0 radical (unpaired) electrons. The molecule has 1 fully saturated rings. The second kappa shape index (κ2) is 11.8. The van der Waals surface area contributed by atoms with Crippen molar-refractivity contribution in [1.29, 1.82) is 0 Å². The molecule has 1 saturated carbocycles. The average Bonchev–Trinajstić information content (AvgIpc) is 3.59. The molecule has 2 atom stereocenters. The molecule has 4 aromatic rings. The lowest BCUT2D eigenvalue weighted by Crippen LogP contribution is -2.42.